The van der Waals surface area contributed by atoms with Gasteiger partial charge in [0.25, 0.3) is 0 Å². The second kappa shape index (κ2) is 5.17. The van der Waals surface area contributed by atoms with Crippen molar-refractivity contribution in [2.45, 2.75) is 25.1 Å². The van der Waals surface area contributed by atoms with Crippen LogP contribution in [0.15, 0.2) is 18.2 Å². The second-order valence-electron chi connectivity index (χ2n) is 4.44. The molecule has 2 rings (SSSR count). The van der Waals surface area contributed by atoms with Crippen LogP contribution in [0.5, 0.6) is 0 Å². The molecule has 2 atom stereocenters. The third-order valence-corrected chi connectivity index (χ3v) is 3.06. The largest absolute Gasteiger partial charge is 0.416 e. The van der Waals surface area contributed by atoms with Crippen molar-refractivity contribution < 1.29 is 22.3 Å². The number of hydrogen-bond acceptors (Lipinski definition) is 2. The molecule has 19 heavy (non-hydrogen) atoms. The first kappa shape index (κ1) is 13.8. The summed E-state index contributed by atoms with van der Waals surface area (Å²) < 4.78 is 56.5. The Morgan fingerprint density at radius 2 is 2.00 bits per heavy atom. The number of nitrogens with zero attached hydrogens (tertiary/aromatic N) is 1. The molecule has 0 aromatic heterocycles. The van der Waals surface area contributed by atoms with Gasteiger partial charge in [0.2, 0.25) is 0 Å². The highest BCUT2D eigenvalue weighted by Crippen LogP contribution is 2.37. The van der Waals surface area contributed by atoms with E-state index < -0.39 is 29.6 Å². The van der Waals surface area contributed by atoms with Crippen LogP contribution < -0.4 is 0 Å². The van der Waals surface area contributed by atoms with E-state index in [0.717, 1.165) is 12.1 Å². The topological polar surface area (TPSA) is 33.0 Å². The molecule has 1 aliphatic rings. The first-order chi connectivity index (χ1) is 8.91. The van der Waals surface area contributed by atoms with Crippen molar-refractivity contribution >= 4 is 0 Å². The summed E-state index contributed by atoms with van der Waals surface area (Å²) in [5.41, 5.74) is -0.994. The number of ether oxygens (including phenoxy) is 1. The van der Waals surface area contributed by atoms with Crippen molar-refractivity contribution in [2.24, 2.45) is 5.92 Å². The van der Waals surface area contributed by atoms with Crippen LogP contribution in [-0.2, 0) is 10.9 Å². The fourth-order valence-corrected chi connectivity index (χ4v) is 2.18. The van der Waals surface area contributed by atoms with Gasteiger partial charge in [0.15, 0.2) is 0 Å². The molecule has 1 aromatic rings. The maximum absolute atomic E-state index is 13.3. The van der Waals surface area contributed by atoms with Gasteiger partial charge in [-0.15, -0.1) is 0 Å². The number of benzene rings is 1. The molecule has 0 aliphatic carbocycles. The molecular formula is C13H11F4NO. The fourth-order valence-electron chi connectivity index (χ4n) is 2.18. The summed E-state index contributed by atoms with van der Waals surface area (Å²) in [6.45, 7) is 0.362. The molecule has 0 radical (unpaired) electrons. The maximum atomic E-state index is 13.3. The average Bonchev–Trinajstić information content (AvgIpc) is 2.37. The van der Waals surface area contributed by atoms with Gasteiger partial charge in [-0.2, -0.15) is 18.4 Å². The molecule has 102 valence electrons. The Hall–Kier alpha value is -1.61. The van der Waals surface area contributed by atoms with Gasteiger partial charge in [0, 0.05) is 6.61 Å². The van der Waals surface area contributed by atoms with Crippen molar-refractivity contribution in [3.05, 3.63) is 35.1 Å². The van der Waals surface area contributed by atoms with Crippen LogP contribution in [0.4, 0.5) is 17.6 Å². The zero-order chi connectivity index (χ0) is 14.0. The Balaban J connectivity index is 2.39. The minimum absolute atomic E-state index is 0.0681. The molecule has 1 saturated heterocycles. The summed E-state index contributed by atoms with van der Waals surface area (Å²) in [4.78, 5) is 0. The third-order valence-electron chi connectivity index (χ3n) is 3.06. The molecule has 1 aliphatic heterocycles. The Bertz CT molecular complexity index is 506. The molecule has 0 bridgehead atoms. The van der Waals surface area contributed by atoms with Crippen LogP contribution in [0, 0.1) is 23.1 Å². The van der Waals surface area contributed by atoms with Crippen molar-refractivity contribution in [1.29, 1.82) is 5.26 Å². The summed E-state index contributed by atoms with van der Waals surface area (Å²) in [6, 6.07) is 4.29. The number of halogens is 4. The van der Waals surface area contributed by atoms with Gasteiger partial charge in [-0.3, -0.25) is 0 Å². The fraction of sp³-hybridized carbons (Fsp3) is 0.462. The predicted octanol–water partition coefficient (Wildman–Crippen LogP) is 3.84. The molecular weight excluding hydrogens is 262 g/mol. The zero-order valence-electron chi connectivity index (χ0n) is 9.88. The lowest BCUT2D eigenvalue weighted by atomic mass is 9.90. The molecule has 1 aromatic carbocycles. The van der Waals surface area contributed by atoms with Gasteiger partial charge in [-0.25, -0.2) is 4.39 Å². The summed E-state index contributed by atoms with van der Waals surface area (Å²) in [7, 11) is 0. The monoisotopic (exact) mass is 273 g/mol. The summed E-state index contributed by atoms with van der Waals surface area (Å²) in [6.07, 6.45) is -4.20. The van der Waals surface area contributed by atoms with Crippen LogP contribution in [0.2, 0.25) is 0 Å². The molecule has 1 heterocycles. The van der Waals surface area contributed by atoms with Crippen LogP contribution in [0.25, 0.3) is 0 Å². The standard InChI is InChI=1S/C13H11F4NO/c14-11-5-9(4-10(6-11)13(15,16)17)12-8(7-18)2-1-3-19-12/h4-6,8,12H,1-3H2. The van der Waals surface area contributed by atoms with Gasteiger partial charge < -0.3 is 4.74 Å². The Labute approximate surface area is 107 Å². The Kier molecular flexibility index (Phi) is 3.76. The molecule has 1 fully saturated rings. The van der Waals surface area contributed by atoms with Gasteiger partial charge in [-0.05, 0) is 36.6 Å². The van der Waals surface area contributed by atoms with Gasteiger partial charge >= 0.3 is 6.18 Å². The lowest BCUT2D eigenvalue weighted by molar-refractivity contribution is -0.138. The highest BCUT2D eigenvalue weighted by Gasteiger charge is 2.34. The number of alkyl halides is 3. The highest BCUT2D eigenvalue weighted by molar-refractivity contribution is 5.29. The second-order valence-corrected chi connectivity index (χ2v) is 4.44. The minimum Gasteiger partial charge on any atom is -0.372 e. The average molecular weight is 273 g/mol. The van der Waals surface area contributed by atoms with Crippen LogP contribution >= 0.6 is 0 Å². The lowest BCUT2D eigenvalue weighted by Crippen LogP contribution is -2.22. The van der Waals surface area contributed by atoms with Crippen molar-refractivity contribution in [1.82, 2.24) is 0 Å². The zero-order valence-corrected chi connectivity index (χ0v) is 9.88. The predicted molar refractivity (Wildman–Crippen MR) is 58.4 cm³/mol. The van der Waals surface area contributed by atoms with Gasteiger partial charge in [0.05, 0.1) is 23.7 Å². The van der Waals surface area contributed by atoms with Crippen LogP contribution in [0.3, 0.4) is 0 Å². The number of nitriles is 1. The number of hydrogen-bond donors (Lipinski definition) is 0. The molecule has 0 saturated carbocycles. The first-order valence-electron chi connectivity index (χ1n) is 5.80. The molecule has 0 spiro atoms. The summed E-state index contributed by atoms with van der Waals surface area (Å²) in [5, 5.41) is 8.98. The van der Waals surface area contributed by atoms with E-state index in [1.807, 2.05) is 6.07 Å². The van der Waals surface area contributed by atoms with E-state index in [4.69, 9.17) is 10.00 Å². The van der Waals surface area contributed by atoms with Crippen LogP contribution in [0.1, 0.15) is 30.1 Å². The van der Waals surface area contributed by atoms with E-state index in [2.05, 4.69) is 0 Å². The third kappa shape index (κ3) is 3.04. The maximum Gasteiger partial charge on any atom is 0.416 e. The van der Waals surface area contributed by atoms with E-state index in [1.54, 1.807) is 0 Å². The quantitative estimate of drug-likeness (QED) is 0.728. The van der Waals surface area contributed by atoms with E-state index >= 15 is 0 Å². The van der Waals surface area contributed by atoms with Gasteiger partial charge in [-0.1, -0.05) is 0 Å². The van der Waals surface area contributed by atoms with Gasteiger partial charge in [0.1, 0.15) is 5.82 Å². The van der Waals surface area contributed by atoms with Crippen molar-refractivity contribution in [2.75, 3.05) is 6.61 Å². The normalized spacial score (nSPS) is 23.9. The molecule has 6 heteroatoms. The van der Waals surface area contributed by atoms with E-state index in [1.165, 1.54) is 0 Å². The summed E-state index contributed by atoms with van der Waals surface area (Å²) >= 11 is 0. The van der Waals surface area contributed by atoms with Crippen molar-refractivity contribution in [3.63, 3.8) is 0 Å². The minimum atomic E-state index is -4.62. The SMILES string of the molecule is N#CC1CCCOC1c1cc(F)cc(C(F)(F)F)c1. The lowest BCUT2D eigenvalue weighted by Gasteiger charge is -2.28. The summed E-state index contributed by atoms with van der Waals surface area (Å²) in [5.74, 6) is -1.52. The number of rotatable bonds is 1. The van der Waals surface area contributed by atoms with Crippen LogP contribution in [-0.4, -0.2) is 6.61 Å². The smallest absolute Gasteiger partial charge is 0.372 e. The Morgan fingerprint density at radius 1 is 1.26 bits per heavy atom. The van der Waals surface area contributed by atoms with Crippen molar-refractivity contribution in [3.8, 4) is 6.07 Å². The van der Waals surface area contributed by atoms with E-state index in [9.17, 15) is 17.6 Å². The first-order valence-corrected chi connectivity index (χ1v) is 5.80. The Morgan fingerprint density at radius 3 is 2.63 bits per heavy atom. The molecule has 2 unspecified atom stereocenters. The molecule has 2 nitrogen and oxygen atoms in total. The molecule has 0 N–H and O–H groups in total. The molecule has 0 amide bonds. The highest BCUT2D eigenvalue weighted by atomic mass is 19.4. The van der Waals surface area contributed by atoms with E-state index in [0.29, 0.717) is 25.5 Å². The van der Waals surface area contributed by atoms with E-state index in [-0.39, 0.29) is 5.56 Å².